The first-order valence-electron chi connectivity index (χ1n) is 5.60. The third-order valence-electron chi connectivity index (χ3n) is 2.58. The van der Waals surface area contributed by atoms with E-state index in [1.54, 1.807) is 11.8 Å². The zero-order valence-corrected chi connectivity index (χ0v) is 9.63. The van der Waals surface area contributed by atoms with Gasteiger partial charge in [0.1, 0.15) is 0 Å². The molecule has 1 rings (SSSR count). The number of nitrogens with zero attached hydrogens (tertiary/aromatic N) is 2. The molecule has 0 saturated carbocycles. The molecule has 0 aromatic heterocycles. The molecule has 16 heavy (non-hydrogen) atoms. The van der Waals surface area contributed by atoms with E-state index in [9.17, 15) is 9.90 Å². The maximum Gasteiger partial charge on any atom is 0.409 e. The van der Waals surface area contributed by atoms with Crippen LogP contribution in [0.25, 0.3) is 0 Å². The molecule has 0 radical (unpaired) electrons. The van der Waals surface area contributed by atoms with Crippen molar-refractivity contribution in [2.24, 2.45) is 0 Å². The van der Waals surface area contributed by atoms with E-state index < -0.39 is 6.10 Å². The van der Waals surface area contributed by atoms with E-state index in [1.807, 2.05) is 4.90 Å². The van der Waals surface area contributed by atoms with Crippen LogP contribution in [0, 0.1) is 0 Å². The van der Waals surface area contributed by atoms with Crippen LogP contribution in [0.2, 0.25) is 0 Å². The molecular weight excluding hydrogens is 212 g/mol. The van der Waals surface area contributed by atoms with Gasteiger partial charge in [0.05, 0.1) is 19.3 Å². The zero-order chi connectivity index (χ0) is 12.0. The number of β-amino-alcohol motifs (C(OH)–C–C–N with tert-alkyl or cyclic N) is 1. The van der Waals surface area contributed by atoms with Crippen LogP contribution in [0.1, 0.15) is 6.92 Å². The smallest absolute Gasteiger partial charge is 0.409 e. The van der Waals surface area contributed by atoms with Crippen LogP contribution < -0.4 is 0 Å². The van der Waals surface area contributed by atoms with Crippen LogP contribution in [-0.4, -0.2) is 78.1 Å². The lowest BCUT2D eigenvalue weighted by atomic mass is 10.3. The van der Waals surface area contributed by atoms with Crippen molar-refractivity contribution < 1.29 is 19.7 Å². The average molecular weight is 232 g/mol. The Labute approximate surface area is 95.4 Å². The van der Waals surface area contributed by atoms with E-state index in [4.69, 9.17) is 9.84 Å². The average Bonchev–Trinajstić information content (AvgIpc) is 2.30. The molecule has 2 N–H and O–H groups in total. The van der Waals surface area contributed by atoms with E-state index in [0.717, 1.165) is 0 Å². The lowest BCUT2D eigenvalue weighted by Gasteiger charge is -2.34. The summed E-state index contributed by atoms with van der Waals surface area (Å²) in [4.78, 5) is 15.1. The number of hydrogen-bond acceptors (Lipinski definition) is 5. The fraction of sp³-hybridized carbons (Fsp3) is 0.900. The Kier molecular flexibility index (Phi) is 5.51. The molecular formula is C10H20N2O4. The Bertz CT molecular complexity index is 217. The number of ether oxygens (including phenoxy) is 1. The second-order valence-corrected chi connectivity index (χ2v) is 3.82. The molecule has 1 atom stereocenters. The highest BCUT2D eigenvalue weighted by atomic mass is 16.6. The van der Waals surface area contributed by atoms with E-state index in [1.165, 1.54) is 0 Å². The standard InChI is InChI=1S/C10H20N2O4/c1-2-16-10(15)12-5-3-11(4-6-12)7-9(14)8-13/h9,13-14H,2-8H2,1H3/t9-/m0/s1. The number of rotatable bonds is 4. The summed E-state index contributed by atoms with van der Waals surface area (Å²) in [5, 5.41) is 18.0. The first-order valence-corrected chi connectivity index (χ1v) is 5.60. The van der Waals surface area contributed by atoms with Gasteiger partial charge in [-0.2, -0.15) is 0 Å². The maximum absolute atomic E-state index is 11.4. The Balaban J connectivity index is 2.25. The molecule has 1 amide bonds. The van der Waals surface area contributed by atoms with Crippen molar-refractivity contribution in [2.75, 3.05) is 45.9 Å². The van der Waals surface area contributed by atoms with Gasteiger partial charge in [-0.25, -0.2) is 4.79 Å². The van der Waals surface area contributed by atoms with Gasteiger partial charge in [0.25, 0.3) is 0 Å². The summed E-state index contributed by atoms with van der Waals surface area (Å²) >= 11 is 0. The second-order valence-electron chi connectivity index (χ2n) is 3.82. The summed E-state index contributed by atoms with van der Waals surface area (Å²) in [6, 6.07) is 0. The van der Waals surface area contributed by atoms with Crippen LogP contribution >= 0.6 is 0 Å². The van der Waals surface area contributed by atoms with Gasteiger partial charge < -0.3 is 19.8 Å². The van der Waals surface area contributed by atoms with Crippen molar-refractivity contribution >= 4 is 6.09 Å². The van der Waals surface area contributed by atoms with Gasteiger partial charge in [-0.05, 0) is 6.92 Å². The molecule has 0 spiro atoms. The molecule has 1 fully saturated rings. The van der Waals surface area contributed by atoms with Crippen LogP contribution in [0.3, 0.4) is 0 Å². The quantitative estimate of drug-likeness (QED) is 0.658. The molecule has 1 aliphatic rings. The normalized spacial score (nSPS) is 19.6. The number of aliphatic hydroxyl groups is 2. The molecule has 0 aromatic carbocycles. The highest BCUT2D eigenvalue weighted by Gasteiger charge is 2.22. The van der Waals surface area contributed by atoms with Gasteiger partial charge in [-0.1, -0.05) is 0 Å². The monoisotopic (exact) mass is 232 g/mol. The molecule has 0 aromatic rings. The van der Waals surface area contributed by atoms with Gasteiger partial charge in [0.2, 0.25) is 0 Å². The summed E-state index contributed by atoms with van der Waals surface area (Å²) in [6.07, 6.45) is -0.973. The number of amides is 1. The SMILES string of the molecule is CCOC(=O)N1CCN(C[C@H](O)CO)CC1. The van der Waals surface area contributed by atoms with Gasteiger partial charge in [0, 0.05) is 32.7 Å². The Morgan fingerprint density at radius 1 is 1.38 bits per heavy atom. The highest BCUT2D eigenvalue weighted by Crippen LogP contribution is 2.04. The Morgan fingerprint density at radius 3 is 2.50 bits per heavy atom. The lowest BCUT2D eigenvalue weighted by molar-refractivity contribution is 0.0356. The third-order valence-corrected chi connectivity index (χ3v) is 2.58. The molecule has 1 saturated heterocycles. The molecule has 6 heteroatoms. The first-order chi connectivity index (χ1) is 7.67. The van der Waals surface area contributed by atoms with Crippen molar-refractivity contribution in [2.45, 2.75) is 13.0 Å². The summed E-state index contributed by atoms with van der Waals surface area (Å²) in [6.45, 7) is 5.03. The van der Waals surface area contributed by atoms with Gasteiger partial charge in [0.15, 0.2) is 0 Å². The minimum Gasteiger partial charge on any atom is -0.450 e. The predicted octanol–water partition coefficient (Wildman–Crippen LogP) is -0.886. The van der Waals surface area contributed by atoms with E-state index >= 15 is 0 Å². The van der Waals surface area contributed by atoms with Gasteiger partial charge in [-0.15, -0.1) is 0 Å². The topological polar surface area (TPSA) is 73.2 Å². The Morgan fingerprint density at radius 2 is 2.00 bits per heavy atom. The number of carbonyl (C=O) groups excluding carboxylic acids is 1. The summed E-state index contributed by atoms with van der Waals surface area (Å²) in [7, 11) is 0. The Hall–Kier alpha value is -0.850. The largest absolute Gasteiger partial charge is 0.450 e. The van der Waals surface area contributed by atoms with Crippen LogP contribution in [0.4, 0.5) is 4.79 Å². The second kappa shape index (κ2) is 6.67. The van der Waals surface area contributed by atoms with Crippen LogP contribution in [-0.2, 0) is 4.74 Å². The van der Waals surface area contributed by atoms with Crippen molar-refractivity contribution in [3.63, 3.8) is 0 Å². The molecule has 0 aliphatic carbocycles. The van der Waals surface area contributed by atoms with Crippen LogP contribution in [0.15, 0.2) is 0 Å². The fourth-order valence-corrected chi connectivity index (χ4v) is 1.68. The number of hydrogen-bond donors (Lipinski definition) is 2. The van der Waals surface area contributed by atoms with E-state index in [-0.39, 0.29) is 12.7 Å². The van der Waals surface area contributed by atoms with E-state index in [2.05, 4.69) is 0 Å². The lowest BCUT2D eigenvalue weighted by Crippen LogP contribution is -2.50. The summed E-state index contributed by atoms with van der Waals surface area (Å²) in [5.41, 5.74) is 0. The van der Waals surface area contributed by atoms with Gasteiger partial charge >= 0.3 is 6.09 Å². The van der Waals surface area contributed by atoms with Crippen molar-refractivity contribution in [3.05, 3.63) is 0 Å². The number of aliphatic hydroxyl groups excluding tert-OH is 2. The fourth-order valence-electron chi connectivity index (χ4n) is 1.68. The van der Waals surface area contributed by atoms with Gasteiger partial charge in [-0.3, -0.25) is 4.90 Å². The van der Waals surface area contributed by atoms with Crippen molar-refractivity contribution in [1.29, 1.82) is 0 Å². The number of piperazine rings is 1. The number of carbonyl (C=O) groups is 1. The minimum absolute atomic E-state index is 0.224. The molecule has 1 aliphatic heterocycles. The first kappa shape index (κ1) is 13.2. The predicted molar refractivity (Wildman–Crippen MR) is 58.1 cm³/mol. The molecule has 0 unspecified atom stereocenters. The third kappa shape index (κ3) is 3.96. The molecule has 0 bridgehead atoms. The molecule has 1 heterocycles. The van der Waals surface area contributed by atoms with Crippen LogP contribution in [0.5, 0.6) is 0 Å². The summed E-state index contributed by atoms with van der Waals surface area (Å²) in [5.74, 6) is 0. The molecule has 94 valence electrons. The van der Waals surface area contributed by atoms with Crippen molar-refractivity contribution in [1.82, 2.24) is 9.80 Å². The van der Waals surface area contributed by atoms with E-state index in [0.29, 0.717) is 39.3 Å². The van der Waals surface area contributed by atoms with Crippen molar-refractivity contribution in [3.8, 4) is 0 Å². The zero-order valence-electron chi connectivity index (χ0n) is 9.63. The molecule has 6 nitrogen and oxygen atoms in total. The maximum atomic E-state index is 11.4. The summed E-state index contributed by atoms with van der Waals surface area (Å²) < 4.78 is 4.90. The minimum atomic E-state index is -0.700. The highest BCUT2D eigenvalue weighted by molar-refractivity contribution is 5.67.